The van der Waals surface area contributed by atoms with Crippen LogP contribution < -0.4 is 0 Å². The van der Waals surface area contributed by atoms with E-state index in [1.165, 1.54) is 12.1 Å². The first-order valence-electron chi connectivity index (χ1n) is 6.51. The average molecular weight is 293 g/mol. The molecule has 2 aromatic rings. The lowest BCUT2D eigenvalue weighted by molar-refractivity contribution is -0.144. The number of esters is 1. The van der Waals surface area contributed by atoms with Gasteiger partial charge in [0.1, 0.15) is 5.82 Å². The van der Waals surface area contributed by atoms with E-state index in [-0.39, 0.29) is 18.3 Å². The lowest BCUT2D eigenvalue weighted by Crippen LogP contribution is -2.27. The third-order valence-corrected chi connectivity index (χ3v) is 2.68. The molecule has 112 valence electrons. The van der Waals surface area contributed by atoms with Crippen LogP contribution in [-0.2, 0) is 16.1 Å². The Morgan fingerprint density at radius 1 is 1.38 bits per heavy atom. The SMILES string of the molecule is CCOC(=O)CN(C)Cc1nc(-c2ccc(F)cc2)no1. The van der Waals surface area contributed by atoms with Gasteiger partial charge in [-0.05, 0) is 38.2 Å². The van der Waals surface area contributed by atoms with Gasteiger partial charge in [0, 0.05) is 5.56 Å². The molecule has 6 nitrogen and oxygen atoms in total. The van der Waals surface area contributed by atoms with Crippen molar-refractivity contribution in [3.63, 3.8) is 0 Å². The van der Waals surface area contributed by atoms with Gasteiger partial charge in [0.05, 0.1) is 19.7 Å². The Hall–Kier alpha value is -2.28. The van der Waals surface area contributed by atoms with Crippen molar-refractivity contribution in [3.8, 4) is 11.4 Å². The van der Waals surface area contributed by atoms with E-state index >= 15 is 0 Å². The molecule has 1 aromatic carbocycles. The fourth-order valence-electron chi connectivity index (χ4n) is 1.75. The van der Waals surface area contributed by atoms with Crippen LogP contribution in [0.1, 0.15) is 12.8 Å². The van der Waals surface area contributed by atoms with Crippen molar-refractivity contribution in [2.75, 3.05) is 20.2 Å². The number of carbonyl (C=O) groups is 1. The standard InChI is InChI=1S/C14H16FN3O3/c1-3-20-13(19)9-18(2)8-12-16-14(17-21-12)10-4-6-11(15)7-5-10/h4-7H,3,8-9H2,1-2H3. The topological polar surface area (TPSA) is 68.5 Å². The third kappa shape index (κ3) is 4.35. The number of benzene rings is 1. The zero-order valence-electron chi connectivity index (χ0n) is 11.9. The second kappa shape index (κ2) is 6.94. The van der Waals surface area contributed by atoms with Crippen LogP contribution in [0.4, 0.5) is 4.39 Å². The van der Waals surface area contributed by atoms with Crippen LogP contribution in [-0.4, -0.2) is 41.2 Å². The quantitative estimate of drug-likeness (QED) is 0.757. The number of halogens is 1. The van der Waals surface area contributed by atoms with E-state index in [4.69, 9.17) is 9.26 Å². The summed E-state index contributed by atoms with van der Waals surface area (Å²) in [7, 11) is 1.75. The smallest absolute Gasteiger partial charge is 0.320 e. The van der Waals surface area contributed by atoms with E-state index in [0.29, 0.717) is 30.4 Å². The van der Waals surface area contributed by atoms with E-state index in [9.17, 15) is 9.18 Å². The average Bonchev–Trinajstić information content (AvgIpc) is 2.88. The van der Waals surface area contributed by atoms with Gasteiger partial charge in [-0.25, -0.2) is 4.39 Å². The monoisotopic (exact) mass is 293 g/mol. The van der Waals surface area contributed by atoms with Crippen molar-refractivity contribution in [2.45, 2.75) is 13.5 Å². The summed E-state index contributed by atoms with van der Waals surface area (Å²) in [6, 6.07) is 5.81. The molecule has 0 atom stereocenters. The van der Waals surface area contributed by atoms with Crippen LogP contribution >= 0.6 is 0 Å². The molecule has 0 aliphatic heterocycles. The first-order chi connectivity index (χ1) is 10.1. The van der Waals surface area contributed by atoms with E-state index in [1.807, 2.05) is 0 Å². The largest absolute Gasteiger partial charge is 0.465 e. The van der Waals surface area contributed by atoms with E-state index in [2.05, 4.69) is 10.1 Å². The molecular weight excluding hydrogens is 277 g/mol. The summed E-state index contributed by atoms with van der Waals surface area (Å²) in [6.45, 7) is 2.57. The molecule has 0 N–H and O–H groups in total. The van der Waals surface area contributed by atoms with Crippen LogP contribution in [0.3, 0.4) is 0 Å². The Morgan fingerprint density at radius 2 is 2.10 bits per heavy atom. The predicted molar refractivity (Wildman–Crippen MR) is 72.7 cm³/mol. The van der Waals surface area contributed by atoms with Crippen molar-refractivity contribution >= 4 is 5.97 Å². The van der Waals surface area contributed by atoms with Gasteiger partial charge in [-0.1, -0.05) is 5.16 Å². The maximum atomic E-state index is 12.8. The van der Waals surface area contributed by atoms with Crippen LogP contribution in [0, 0.1) is 5.82 Å². The molecule has 21 heavy (non-hydrogen) atoms. The molecule has 0 radical (unpaired) electrons. The Balaban J connectivity index is 1.96. The van der Waals surface area contributed by atoms with Gasteiger partial charge in [-0.15, -0.1) is 0 Å². The van der Waals surface area contributed by atoms with Gasteiger partial charge in [0.2, 0.25) is 11.7 Å². The predicted octanol–water partition coefficient (Wildman–Crippen LogP) is 1.87. The molecule has 0 spiro atoms. The van der Waals surface area contributed by atoms with Crippen molar-refractivity contribution in [2.24, 2.45) is 0 Å². The summed E-state index contributed by atoms with van der Waals surface area (Å²) in [5, 5.41) is 3.83. The summed E-state index contributed by atoms with van der Waals surface area (Å²) in [5.41, 5.74) is 0.666. The molecule has 0 aliphatic rings. The van der Waals surface area contributed by atoms with Crippen molar-refractivity contribution in [1.82, 2.24) is 15.0 Å². The highest BCUT2D eigenvalue weighted by Gasteiger charge is 2.13. The van der Waals surface area contributed by atoms with Crippen LogP contribution in [0.25, 0.3) is 11.4 Å². The van der Waals surface area contributed by atoms with Gasteiger partial charge in [-0.2, -0.15) is 4.98 Å². The number of likely N-dealkylation sites (N-methyl/N-ethyl adjacent to an activating group) is 1. The summed E-state index contributed by atoms with van der Waals surface area (Å²) in [6.07, 6.45) is 0. The number of carbonyl (C=O) groups excluding carboxylic acids is 1. The summed E-state index contributed by atoms with van der Waals surface area (Å²) < 4.78 is 22.8. The second-order valence-corrected chi connectivity index (χ2v) is 4.50. The highest BCUT2D eigenvalue weighted by atomic mass is 19.1. The highest BCUT2D eigenvalue weighted by molar-refractivity contribution is 5.71. The minimum Gasteiger partial charge on any atom is -0.465 e. The fourth-order valence-corrected chi connectivity index (χ4v) is 1.75. The Kier molecular flexibility index (Phi) is 4.99. The summed E-state index contributed by atoms with van der Waals surface area (Å²) in [5.74, 6) is 0.130. The van der Waals surface area contributed by atoms with Crippen molar-refractivity contribution in [1.29, 1.82) is 0 Å². The number of aromatic nitrogens is 2. The molecule has 0 aliphatic carbocycles. The van der Waals surface area contributed by atoms with Crippen molar-refractivity contribution < 1.29 is 18.4 Å². The van der Waals surface area contributed by atoms with Crippen LogP contribution in [0.15, 0.2) is 28.8 Å². The fraction of sp³-hybridized carbons (Fsp3) is 0.357. The third-order valence-electron chi connectivity index (χ3n) is 2.68. The zero-order chi connectivity index (χ0) is 15.2. The van der Waals surface area contributed by atoms with Crippen LogP contribution in [0.2, 0.25) is 0 Å². The molecular formula is C14H16FN3O3. The summed E-state index contributed by atoms with van der Waals surface area (Å²) >= 11 is 0. The number of hydrogen-bond donors (Lipinski definition) is 0. The zero-order valence-corrected chi connectivity index (χ0v) is 11.9. The Bertz CT molecular complexity index is 598. The molecule has 0 amide bonds. The highest BCUT2D eigenvalue weighted by Crippen LogP contribution is 2.16. The first-order valence-corrected chi connectivity index (χ1v) is 6.51. The van der Waals surface area contributed by atoms with Crippen molar-refractivity contribution in [3.05, 3.63) is 36.0 Å². The number of nitrogens with zero attached hydrogens (tertiary/aromatic N) is 3. The molecule has 0 fully saturated rings. The second-order valence-electron chi connectivity index (χ2n) is 4.50. The number of rotatable bonds is 6. The molecule has 0 saturated carbocycles. The molecule has 0 bridgehead atoms. The number of ether oxygens (including phenoxy) is 1. The lowest BCUT2D eigenvalue weighted by Gasteiger charge is -2.12. The maximum Gasteiger partial charge on any atom is 0.320 e. The summed E-state index contributed by atoms with van der Waals surface area (Å²) in [4.78, 5) is 17.3. The lowest BCUT2D eigenvalue weighted by atomic mass is 10.2. The normalized spacial score (nSPS) is 10.9. The van der Waals surface area contributed by atoms with Gasteiger partial charge < -0.3 is 9.26 Å². The van der Waals surface area contributed by atoms with Crippen LogP contribution in [0.5, 0.6) is 0 Å². The number of hydrogen-bond acceptors (Lipinski definition) is 6. The van der Waals surface area contributed by atoms with Gasteiger partial charge in [0.25, 0.3) is 0 Å². The molecule has 7 heteroatoms. The minimum atomic E-state index is -0.323. The van der Waals surface area contributed by atoms with E-state index in [0.717, 1.165) is 0 Å². The van der Waals surface area contributed by atoms with E-state index in [1.54, 1.807) is 31.0 Å². The minimum absolute atomic E-state index is 0.141. The molecule has 2 rings (SSSR count). The molecule has 1 heterocycles. The Labute approximate surface area is 121 Å². The van der Waals surface area contributed by atoms with Gasteiger partial charge >= 0.3 is 5.97 Å². The molecule has 0 saturated heterocycles. The first kappa shape index (κ1) is 15.1. The van der Waals surface area contributed by atoms with Gasteiger partial charge in [-0.3, -0.25) is 9.69 Å². The maximum absolute atomic E-state index is 12.8. The Morgan fingerprint density at radius 3 is 2.76 bits per heavy atom. The van der Waals surface area contributed by atoms with Gasteiger partial charge in [0.15, 0.2) is 0 Å². The van der Waals surface area contributed by atoms with E-state index < -0.39 is 0 Å². The molecule has 1 aromatic heterocycles. The molecule has 0 unspecified atom stereocenters.